The van der Waals surface area contributed by atoms with Crippen LogP contribution >= 0.6 is 0 Å². The number of nitrogens with zero attached hydrogens (tertiary/aromatic N) is 1. The lowest BCUT2D eigenvalue weighted by atomic mass is 9.95. The topological polar surface area (TPSA) is 42.0 Å². The van der Waals surface area contributed by atoms with E-state index in [2.05, 4.69) is 35.6 Å². The Kier molecular flexibility index (Phi) is 2.30. The van der Waals surface area contributed by atoms with Crippen molar-refractivity contribution in [1.82, 2.24) is 4.98 Å². The average Bonchev–Trinajstić information content (AvgIpc) is 2.47. The van der Waals surface area contributed by atoms with Crippen molar-refractivity contribution in [3.8, 4) is 0 Å². The Bertz CT molecular complexity index is 854. The summed E-state index contributed by atoms with van der Waals surface area (Å²) in [6, 6.07) is 14.6. The maximum Gasteiger partial charge on any atom is 0.228 e. The van der Waals surface area contributed by atoms with E-state index in [1.165, 1.54) is 5.39 Å². The minimum Gasteiger partial charge on any atom is -0.310 e. The van der Waals surface area contributed by atoms with Crippen molar-refractivity contribution in [3.63, 3.8) is 0 Å². The minimum absolute atomic E-state index is 0.0159. The monoisotopic (exact) mass is 262 g/mol. The highest BCUT2D eigenvalue weighted by atomic mass is 16.2. The predicted molar refractivity (Wildman–Crippen MR) is 80.7 cm³/mol. The van der Waals surface area contributed by atoms with Crippen molar-refractivity contribution in [2.75, 3.05) is 5.32 Å². The second-order valence-electron chi connectivity index (χ2n) is 5.45. The van der Waals surface area contributed by atoms with Gasteiger partial charge in [-0.3, -0.25) is 4.79 Å². The molecule has 0 radical (unpaired) electrons. The van der Waals surface area contributed by atoms with Gasteiger partial charge in [-0.2, -0.15) is 0 Å². The van der Waals surface area contributed by atoms with Gasteiger partial charge in [0, 0.05) is 16.7 Å². The number of hydrogen-bond acceptors (Lipinski definition) is 2. The Labute approximate surface area is 116 Å². The Morgan fingerprint density at radius 1 is 1.15 bits per heavy atom. The van der Waals surface area contributed by atoms with Gasteiger partial charge in [0.25, 0.3) is 0 Å². The second-order valence-corrected chi connectivity index (χ2v) is 5.45. The number of benzene rings is 2. The predicted octanol–water partition coefficient (Wildman–Crippen LogP) is 3.52. The van der Waals surface area contributed by atoms with Crippen LogP contribution in [-0.2, 0) is 11.2 Å². The lowest BCUT2D eigenvalue weighted by molar-refractivity contribution is -0.119. The Morgan fingerprint density at radius 2 is 1.95 bits per heavy atom. The zero-order valence-electron chi connectivity index (χ0n) is 11.2. The zero-order chi connectivity index (χ0) is 13.7. The molecule has 2 heterocycles. The molecule has 0 saturated carbocycles. The summed E-state index contributed by atoms with van der Waals surface area (Å²) in [4.78, 5) is 16.5. The van der Waals surface area contributed by atoms with Crippen LogP contribution in [0.3, 0.4) is 0 Å². The fraction of sp³-hybridized carbons (Fsp3) is 0.176. The van der Waals surface area contributed by atoms with Crippen LogP contribution in [0.1, 0.15) is 12.5 Å². The van der Waals surface area contributed by atoms with Crippen LogP contribution in [0.25, 0.3) is 21.7 Å². The van der Waals surface area contributed by atoms with Crippen molar-refractivity contribution < 1.29 is 4.79 Å². The highest BCUT2D eigenvalue weighted by Gasteiger charge is 2.23. The summed E-state index contributed by atoms with van der Waals surface area (Å²) in [5.74, 6) is 0.795. The number of carbonyl (C=O) groups is 1. The molecule has 0 aliphatic carbocycles. The third kappa shape index (κ3) is 1.59. The number of aromatic nitrogens is 1. The maximum atomic E-state index is 11.8. The number of rotatable bonds is 0. The van der Waals surface area contributed by atoms with Crippen molar-refractivity contribution in [1.29, 1.82) is 0 Å². The number of pyridine rings is 1. The molecule has 1 aliphatic rings. The van der Waals surface area contributed by atoms with Crippen molar-refractivity contribution in [2.45, 2.75) is 13.3 Å². The highest BCUT2D eigenvalue weighted by Crippen LogP contribution is 2.30. The SMILES string of the molecule is CC1Cc2cc3ccc4ccccc4c3nc2NC1=O. The lowest BCUT2D eigenvalue weighted by Gasteiger charge is -2.21. The minimum atomic E-state index is 0.0159. The number of anilines is 1. The van der Waals surface area contributed by atoms with Crippen molar-refractivity contribution in [3.05, 3.63) is 48.0 Å². The lowest BCUT2D eigenvalue weighted by Crippen LogP contribution is -2.28. The fourth-order valence-corrected chi connectivity index (χ4v) is 2.88. The molecule has 1 atom stereocenters. The maximum absolute atomic E-state index is 11.8. The molecule has 0 bridgehead atoms. The van der Waals surface area contributed by atoms with Gasteiger partial charge in [-0.1, -0.05) is 43.3 Å². The van der Waals surface area contributed by atoms with Crippen LogP contribution in [0.5, 0.6) is 0 Å². The molecule has 1 amide bonds. The standard InChI is InChI=1S/C17H14N2O/c1-10-8-13-9-12-7-6-11-4-2-3-5-14(11)15(12)18-16(13)19-17(10)20/h2-7,9-10H,8H2,1H3,(H,18,19,20). The molecule has 0 fully saturated rings. The number of nitrogens with one attached hydrogen (secondary N) is 1. The van der Waals surface area contributed by atoms with Gasteiger partial charge in [-0.15, -0.1) is 0 Å². The van der Waals surface area contributed by atoms with E-state index >= 15 is 0 Å². The molecule has 98 valence electrons. The summed E-state index contributed by atoms with van der Waals surface area (Å²) in [6.07, 6.45) is 0.761. The molecular formula is C17H14N2O. The first-order chi connectivity index (χ1) is 9.72. The second kappa shape index (κ2) is 4.04. The quantitative estimate of drug-likeness (QED) is 0.630. The molecule has 4 rings (SSSR count). The molecule has 1 aromatic heterocycles. The van der Waals surface area contributed by atoms with E-state index in [9.17, 15) is 4.79 Å². The van der Waals surface area contributed by atoms with Gasteiger partial charge in [0.1, 0.15) is 5.82 Å². The largest absolute Gasteiger partial charge is 0.310 e. The molecular weight excluding hydrogens is 248 g/mol. The van der Waals surface area contributed by atoms with Crippen LogP contribution in [0, 0.1) is 5.92 Å². The van der Waals surface area contributed by atoms with Crippen LogP contribution in [0.4, 0.5) is 5.82 Å². The summed E-state index contributed by atoms with van der Waals surface area (Å²) >= 11 is 0. The van der Waals surface area contributed by atoms with Crippen LogP contribution in [0.15, 0.2) is 42.5 Å². The Hall–Kier alpha value is -2.42. The van der Waals surface area contributed by atoms with E-state index in [0.29, 0.717) is 0 Å². The van der Waals surface area contributed by atoms with E-state index in [1.54, 1.807) is 0 Å². The van der Waals surface area contributed by atoms with Crippen molar-refractivity contribution in [2.24, 2.45) is 5.92 Å². The first kappa shape index (κ1) is 11.4. The summed E-state index contributed by atoms with van der Waals surface area (Å²) in [5.41, 5.74) is 2.08. The van der Waals surface area contributed by atoms with Gasteiger partial charge in [0.2, 0.25) is 5.91 Å². The number of fused-ring (bicyclic) bond motifs is 4. The third-order valence-electron chi connectivity index (χ3n) is 4.00. The summed E-state index contributed by atoms with van der Waals surface area (Å²) in [5, 5.41) is 6.34. The molecule has 2 aromatic carbocycles. The van der Waals surface area contributed by atoms with E-state index < -0.39 is 0 Å². The van der Waals surface area contributed by atoms with Crippen molar-refractivity contribution >= 4 is 33.4 Å². The Morgan fingerprint density at radius 3 is 2.85 bits per heavy atom. The van der Waals surface area contributed by atoms with Gasteiger partial charge >= 0.3 is 0 Å². The summed E-state index contributed by atoms with van der Waals surface area (Å²) < 4.78 is 0. The molecule has 3 heteroatoms. The summed E-state index contributed by atoms with van der Waals surface area (Å²) in [7, 11) is 0. The highest BCUT2D eigenvalue weighted by molar-refractivity contribution is 6.07. The van der Waals surface area contributed by atoms with Crippen LogP contribution in [-0.4, -0.2) is 10.9 Å². The van der Waals surface area contributed by atoms with Gasteiger partial charge in [-0.25, -0.2) is 4.98 Å². The number of amides is 1. The molecule has 1 N–H and O–H groups in total. The van der Waals surface area contributed by atoms with Gasteiger partial charge < -0.3 is 5.32 Å². The van der Waals surface area contributed by atoms with Crippen LogP contribution in [0.2, 0.25) is 0 Å². The molecule has 0 saturated heterocycles. The van der Waals surface area contributed by atoms with Gasteiger partial charge in [-0.05, 0) is 23.4 Å². The number of hydrogen-bond donors (Lipinski definition) is 1. The van der Waals surface area contributed by atoms with Gasteiger partial charge in [0.15, 0.2) is 0 Å². The molecule has 1 unspecified atom stereocenters. The van der Waals surface area contributed by atoms with E-state index in [1.807, 2.05) is 19.1 Å². The van der Waals surface area contributed by atoms with Gasteiger partial charge in [0.05, 0.1) is 5.52 Å². The first-order valence-electron chi connectivity index (χ1n) is 6.84. The van der Waals surface area contributed by atoms with Crippen LogP contribution < -0.4 is 5.32 Å². The molecule has 3 aromatic rings. The first-order valence-corrected chi connectivity index (χ1v) is 6.84. The molecule has 3 nitrogen and oxygen atoms in total. The fourth-order valence-electron chi connectivity index (χ4n) is 2.88. The molecule has 0 spiro atoms. The van der Waals surface area contributed by atoms with E-state index in [-0.39, 0.29) is 11.8 Å². The van der Waals surface area contributed by atoms with E-state index in [0.717, 1.165) is 34.1 Å². The molecule has 1 aliphatic heterocycles. The van der Waals surface area contributed by atoms with E-state index in [4.69, 9.17) is 4.98 Å². The molecule has 20 heavy (non-hydrogen) atoms. The Balaban J connectivity index is 2.04. The number of carbonyl (C=O) groups excluding carboxylic acids is 1. The summed E-state index contributed by atoms with van der Waals surface area (Å²) in [6.45, 7) is 1.95. The third-order valence-corrected chi connectivity index (χ3v) is 4.00. The zero-order valence-corrected chi connectivity index (χ0v) is 11.2. The normalized spacial score (nSPS) is 18.1. The average molecular weight is 262 g/mol. The smallest absolute Gasteiger partial charge is 0.228 e.